The number of ether oxygens (including phenoxy) is 1. The second-order valence-electron chi connectivity index (χ2n) is 5.22. The number of fused-ring (bicyclic) bond motifs is 5. The van der Waals surface area contributed by atoms with E-state index in [-0.39, 0.29) is 0 Å². The summed E-state index contributed by atoms with van der Waals surface area (Å²) in [5, 5.41) is 3.14. The van der Waals surface area contributed by atoms with Crippen molar-refractivity contribution in [2.45, 2.75) is 0 Å². The molecule has 0 unspecified atom stereocenters. The second-order valence-corrected chi connectivity index (χ2v) is 5.66. The Kier molecular flexibility index (Phi) is 2.04. The van der Waals surface area contributed by atoms with Crippen molar-refractivity contribution >= 4 is 33.4 Å². The van der Waals surface area contributed by atoms with Gasteiger partial charge in [-0.05, 0) is 30.3 Å². The van der Waals surface area contributed by atoms with E-state index in [1.54, 1.807) is 0 Å². The van der Waals surface area contributed by atoms with Crippen molar-refractivity contribution in [2.75, 3.05) is 0 Å². The van der Waals surface area contributed by atoms with E-state index in [2.05, 4.69) is 34.9 Å². The minimum atomic E-state index is 0.711. The standard InChI is InChI=1S/C18H10ClNO/c19-11-8-9-16-15(10-11)20-14-6-2-1-4-12(14)13-5-3-7-17(21-16)18(13)20/h1-10H. The molecule has 1 aliphatic heterocycles. The number of para-hydroxylation sites is 2. The van der Waals surface area contributed by atoms with Gasteiger partial charge in [-0.15, -0.1) is 0 Å². The van der Waals surface area contributed by atoms with E-state index >= 15 is 0 Å². The Labute approximate surface area is 126 Å². The van der Waals surface area contributed by atoms with Crippen LogP contribution in [0.3, 0.4) is 0 Å². The van der Waals surface area contributed by atoms with Gasteiger partial charge in [0.15, 0.2) is 11.5 Å². The van der Waals surface area contributed by atoms with Crippen LogP contribution in [0.2, 0.25) is 5.02 Å². The zero-order chi connectivity index (χ0) is 14.0. The van der Waals surface area contributed by atoms with Crippen LogP contribution in [-0.4, -0.2) is 4.57 Å². The van der Waals surface area contributed by atoms with Gasteiger partial charge in [0.1, 0.15) is 0 Å². The van der Waals surface area contributed by atoms with Gasteiger partial charge in [0, 0.05) is 15.8 Å². The highest BCUT2D eigenvalue weighted by Crippen LogP contribution is 2.45. The Morgan fingerprint density at radius 2 is 1.67 bits per heavy atom. The number of hydrogen-bond acceptors (Lipinski definition) is 1. The molecule has 1 aliphatic rings. The van der Waals surface area contributed by atoms with E-state index in [0.717, 1.165) is 22.7 Å². The highest BCUT2D eigenvalue weighted by Gasteiger charge is 2.23. The molecule has 100 valence electrons. The maximum atomic E-state index is 6.19. The van der Waals surface area contributed by atoms with Gasteiger partial charge in [0.2, 0.25) is 0 Å². The van der Waals surface area contributed by atoms with Gasteiger partial charge in [-0.1, -0.05) is 41.9 Å². The molecule has 0 spiro atoms. The lowest BCUT2D eigenvalue weighted by Gasteiger charge is -2.20. The van der Waals surface area contributed by atoms with E-state index in [1.807, 2.05) is 30.3 Å². The molecular weight excluding hydrogens is 282 g/mol. The molecule has 0 atom stereocenters. The largest absolute Gasteiger partial charge is 0.453 e. The average molecular weight is 292 g/mol. The summed E-state index contributed by atoms with van der Waals surface area (Å²) in [6, 6.07) is 20.3. The number of nitrogens with zero attached hydrogens (tertiary/aromatic N) is 1. The van der Waals surface area contributed by atoms with Crippen molar-refractivity contribution in [3.05, 3.63) is 65.7 Å². The highest BCUT2D eigenvalue weighted by atomic mass is 35.5. The van der Waals surface area contributed by atoms with Crippen LogP contribution >= 0.6 is 11.6 Å². The molecule has 2 heterocycles. The van der Waals surface area contributed by atoms with Crippen molar-refractivity contribution in [3.8, 4) is 17.2 Å². The fourth-order valence-electron chi connectivity index (χ4n) is 3.19. The maximum absolute atomic E-state index is 6.19. The quantitative estimate of drug-likeness (QED) is 0.365. The summed E-state index contributed by atoms with van der Waals surface area (Å²) in [6.45, 7) is 0. The average Bonchev–Trinajstić information content (AvgIpc) is 2.85. The Balaban J connectivity index is 2.09. The Morgan fingerprint density at radius 3 is 2.62 bits per heavy atom. The van der Waals surface area contributed by atoms with E-state index < -0.39 is 0 Å². The van der Waals surface area contributed by atoms with Crippen LogP contribution in [0.15, 0.2) is 60.7 Å². The monoisotopic (exact) mass is 291 g/mol. The topological polar surface area (TPSA) is 14.2 Å². The zero-order valence-electron chi connectivity index (χ0n) is 11.0. The molecule has 4 aromatic rings. The third-order valence-electron chi connectivity index (χ3n) is 4.04. The predicted octanol–water partition coefficient (Wildman–Crippen LogP) is 5.54. The molecule has 5 rings (SSSR count). The summed E-state index contributed by atoms with van der Waals surface area (Å²) < 4.78 is 8.30. The summed E-state index contributed by atoms with van der Waals surface area (Å²) in [5.74, 6) is 1.72. The van der Waals surface area contributed by atoms with Crippen molar-refractivity contribution in [3.63, 3.8) is 0 Å². The third kappa shape index (κ3) is 1.38. The first-order valence-electron chi connectivity index (χ1n) is 6.83. The van der Waals surface area contributed by atoms with E-state index in [4.69, 9.17) is 16.3 Å². The van der Waals surface area contributed by atoms with E-state index in [9.17, 15) is 0 Å². The molecule has 21 heavy (non-hydrogen) atoms. The number of rotatable bonds is 0. The molecule has 0 fully saturated rings. The molecule has 0 saturated heterocycles. The molecule has 0 saturated carbocycles. The lowest BCUT2D eigenvalue weighted by atomic mass is 10.1. The van der Waals surface area contributed by atoms with Crippen molar-refractivity contribution in [1.82, 2.24) is 4.57 Å². The molecule has 0 amide bonds. The van der Waals surface area contributed by atoms with Crippen LogP contribution in [-0.2, 0) is 0 Å². The SMILES string of the molecule is Clc1ccc2c(c1)-n1c3ccccc3c3cccc(c31)O2. The lowest BCUT2D eigenvalue weighted by molar-refractivity contribution is 0.476. The number of halogens is 1. The van der Waals surface area contributed by atoms with E-state index in [1.165, 1.54) is 16.3 Å². The third-order valence-corrected chi connectivity index (χ3v) is 4.27. The van der Waals surface area contributed by atoms with Gasteiger partial charge in [-0.2, -0.15) is 0 Å². The Morgan fingerprint density at radius 1 is 0.810 bits per heavy atom. The maximum Gasteiger partial charge on any atom is 0.152 e. The predicted molar refractivity (Wildman–Crippen MR) is 85.9 cm³/mol. The van der Waals surface area contributed by atoms with Crippen LogP contribution in [0.1, 0.15) is 0 Å². The fourth-order valence-corrected chi connectivity index (χ4v) is 3.36. The molecule has 2 nitrogen and oxygen atoms in total. The first-order chi connectivity index (χ1) is 10.3. The van der Waals surface area contributed by atoms with Crippen molar-refractivity contribution < 1.29 is 4.74 Å². The van der Waals surface area contributed by atoms with Crippen molar-refractivity contribution in [1.29, 1.82) is 0 Å². The lowest BCUT2D eigenvalue weighted by Crippen LogP contribution is -2.03. The number of hydrogen-bond donors (Lipinski definition) is 0. The normalized spacial score (nSPS) is 12.4. The van der Waals surface area contributed by atoms with Crippen LogP contribution in [0.4, 0.5) is 0 Å². The summed E-state index contributed by atoms with van der Waals surface area (Å²) in [4.78, 5) is 0. The molecule has 0 N–H and O–H groups in total. The summed E-state index contributed by atoms with van der Waals surface area (Å²) >= 11 is 6.19. The number of benzene rings is 3. The second kappa shape index (κ2) is 3.80. The molecule has 0 radical (unpaired) electrons. The molecule has 1 aromatic heterocycles. The van der Waals surface area contributed by atoms with Gasteiger partial charge in [0.25, 0.3) is 0 Å². The molecule has 0 aliphatic carbocycles. The van der Waals surface area contributed by atoms with Crippen molar-refractivity contribution in [2.24, 2.45) is 0 Å². The first kappa shape index (κ1) is 11.2. The Bertz CT molecular complexity index is 1030. The van der Waals surface area contributed by atoms with Crippen LogP contribution in [0.25, 0.3) is 27.5 Å². The minimum absolute atomic E-state index is 0.711. The minimum Gasteiger partial charge on any atom is -0.453 e. The summed E-state index contributed by atoms with van der Waals surface area (Å²) in [7, 11) is 0. The smallest absolute Gasteiger partial charge is 0.152 e. The van der Waals surface area contributed by atoms with Gasteiger partial charge >= 0.3 is 0 Å². The van der Waals surface area contributed by atoms with Crippen LogP contribution in [0.5, 0.6) is 11.5 Å². The van der Waals surface area contributed by atoms with E-state index in [0.29, 0.717) is 5.02 Å². The van der Waals surface area contributed by atoms with Gasteiger partial charge in [-0.25, -0.2) is 0 Å². The van der Waals surface area contributed by atoms with Crippen LogP contribution in [0, 0.1) is 0 Å². The summed E-state index contributed by atoms with van der Waals surface area (Å²) in [5.41, 5.74) is 3.27. The molecular formula is C18H10ClNO. The summed E-state index contributed by atoms with van der Waals surface area (Å²) in [6.07, 6.45) is 0. The first-order valence-corrected chi connectivity index (χ1v) is 7.21. The Hall–Kier alpha value is -2.45. The van der Waals surface area contributed by atoms with Gasteiger partial charge < -0.3 is 9.30 Å². The van der Waals surface area contributed by atoms with Crippen LogP contribution < -0.4 is 4.74 Å². The van der Waals surface area contributed by atoms with Gasteiger partial charge in [0.05, 0.1) is 16.7 Å². The molecule has 3 aromatic carbocycles. The molecule has 0 bridgehead atoms. The number of aromatic nitrogens is 1. The van der Waals surface area contributed by atoms with Gasteiger partial charge in [-0.3, -0.25) is 0 Å². The highest BCUT2D eigenvalue weighted by molar-refractivity contribution is 6.31. The molecule has 3 heteroatoms. The fraction of sp³-hybridized carbons (Fsp3) is 0. The zero-order valence-corrected chi connectivity index (χ0v) is 11.8.